The van der Waals surface area contributed by atoms with Crippen LogP contribution in [0.1, 0.15) is 24.5 Å². The van der Waals surface area contributed by atoms with Gasteiger partial charge in [-0.25, -0.2) is 0 Å². The molecule has 0 saturated heterocycles. The van der Waals surface area contributed by atoms with Crippen LogP contribution in [-0.4, -0.2) is 31.6 Å². The normalized spacial score (nSPS) is 14.8. The van der Waals surface area contributed by atoms with E-state index in [1.54, 1.807) is 0 Å². The molecule has 0 aliphatic heterocycles. The molecule has 0 fully saturated rings. The number of rotatable bonds is 7. The molecule has 1 aromatic rings. The summed E-state index contributed by atoms with van der Waals surface area (Å²) >= 11 is 0. The maximum absolute atomic E-state index is 12.8. The summed E-state index contributed by atoms with van der Waals surface area (Å²) in [5.41, 5.74) is 7.91. The number of alkyl halides is 3. The second kappa shape index (κ2) is 9.02. The van der Waals surface area contributed by atoms with Gasteiger partial charge in [0.15, 0.2) is 0 Å². The molecule has 0 radical (unpaired) electrons. The van der Waals surface area contributed by atoms with Crippen molar-refractivity contribution in [2.24, 2.45) is 11.5 Å². The van der Waals surface area contributed by atoms with Crippen LogP contribution < -0.4 is 16.8 Å². The van der Waals surface area contributed by atoms with Crippen molar-refractivity contribution in [3.05, 3.63) is 35.4 Å². The summed E-state index contributed by atoms with van der Waals surface area (Å²) in [5, 5.41) is 2.37. The largest absolute Gasteiger partial charge is 0.416 e. The summed E-state index contributed by atoms with van der Waals surface area (Å²) in [5.74, 6) is -1.61. The first-order valence-corrected chi connectivity index (χ1v) is 7.06. The third-order valence-corrected chi connectivity index (χ3v) is 3.66. The second-order valence-electron chi connectivity index (χ2n) is 5.41. The van der Waals surface area contributed by atoms with E-state index in [1.165, 1.54) is 20.1 Å². The zero-order valence-electron chi connectivity index (χ0n) is 13.7. The average molecular weight is 384 g/mol. The Bertz CT molecular complexity index is 609. The second-order valence-corrected chi connectivity index (χ2v) is 5.41. The highest BCUT2D eigenvalue weighted by molar-refractivity contribution is 5.91. The summed E-state index contributed by atoms with van der Waals surface area (Å²) in [7, 11) is 1.37. The molecule has 0 aromatic heterocycles. The molecule has 2 atom stereocenters. The number of ether oxygens (including phenoxy) is 1. The summed E-state index contributed by atoms with van der Waals surface area (Å²) in [6.45, 7) is 1.31. The number of carbonyl (C=O) groups is 2. The Balaban J connectivity index is 0.00000576. The molecule has 2 amide bonds. The van der Waals surface area contributed by atoms with Crippen LogP contribution in [-0.2, 0) is 26.0 Å². The molecule has 5 N–H and O–H groups in total. The van der Waals surface area contributed by atoms with Crippen molar-refractivity contribution in [1.82, 2.24) is 5.32 Å². The Morgan fingerprint density at radius 1 is 1.28 bits per heavy atom. The number of nitrogens with two attached hydrogens (primary N) is 2. The van der Waals surface area contributed by atoms with Gasteiger partial charge in [0.2, 0.25) is 11.8 Å². The highest BCUT2D eigenvalue weighted by Crippen LogP contribution is 2.32. The number of hydrogen-bond donors (Lipinski definition) is 3. The molecule has 6 nitrogen and oxygen atoms in total. The van der Waals surface area contributed by atoms with Crippen molar-refractivity contribution in [3.63, 3.8) is 0 Å². The van der Waals surface area contributed by atoms with Gasteiger partial charge in [-0.1, -0.05) is 12.1 Å². The van der Waals surface area contributed by atoms with E-state index in [0.717, 1.165) is 18.2 Å². The van der Waals surface area contributed by atoms with E-state index in [0.29, 0.717) is 0 Å². The Kier molecular flexibility index (Phi) is 8.36. The summed E-state index contributed by atoms with van der Waals surface area (Å²) in [6, 6.07) is 4.07. The maximum Gasteiger partial charge on any atom is 0.416 e. The monoisotopic (exact) mass is 383 g/mol. The first-order valence-electron chi connectivity index (χ1n) is 7.06. The number of methoxy groups -OCH3 is 1. The van der Waals surface area contributed by atoms with Crippen LogP contribution in [0, 0.1) is 0 Å². The van der Waals surface area contributed by atoms with Crippen molar-refractivity contribution in [3.8, 4) is 0 Å². The Morgan fingerprint density at radius 3 is 2.28 bits per heavy atom. The van der Waals surface area contributed by atoms with Gasteiger partial charge in [0.1, 0.15) is 5.54 Å². The van der Waals surface area contributed by atoms with Gasteiger partial charge in [-0.3, -0.25) is 9.59 Å². The third-order valence-electron chi connectivity index (χ3n) is 3.66. The molecule has 25 heavy (non-hydrogen) atoms. The highest BCUT2D eigenvalue weighted by Gasteiger charge is 2.38. The molecule has 0 aliphatic carbocycles. The van der Waals surface area contributed by atoms with Gasteiger partial charge in [0.25, 0.3) is 0 Å². The fraction of sp³-hybridized carbons (Fsp3) is 0.467. The molecule has 1 aromatic carbocycles. The molecule has 1 rings (SSSR count). The average Bonchev–Trinajstić information content (AvgIpc) is 2.51. The van der Waals surface area contributed by atoms with Gasteiger partial charge >= 0.3 is 6.18 Å². The topological polar surface area (TPSA) is 107 Å². The molecular weight excluding hydrogens is 363 g/mol. The summed E-state index contributed by atoms with van der Waals surface area (Å²) in [4.78, 5) is 23.9. The van der Waals surface area contributed by atoms with Gasteiger partial charge in [-0.15, -0.1) is 12.4 Å². The van der Waals surface area contributed by atoms with E-state index in [4.69, 9.17) is 16.2 Å². The predicted octanol–water partition coefficient (Wildman–Crippen LogP) is 1.31. The van der Waals surface area contributed by atoms with E-state index >= 15 is 0 Å². The standard InChI is InChI=1S/C15H20F3N3O3.ClH/c1-14(13(20)23,21-12(22)7-11(8-19)24-2)9-4-3-5-10(6-9)15(16,17)18;/h3-6,11H,7-8,19H2,1-2H3,(H2,20,23)(H,21,22);1H. The minimum Gasteiger partial charge on any atom is -0.380 e. The van der Waals surface area contributed by atoms with Crippen LogP contribution in [0.3, 0.4) is 0 Å². The van der Waals surface area contributed by atoms with Gasteiger partial charge in [-0.2, -0.15) is 13.2 Å². The zero-order chi connectivity index (χ0) is 18.5. The first kappa shape index (κ1) is 23.2. The summed E-state index contributed by atoms with van der Waals surface area (Å²) < 4.78 is 43.5. The molecule has 0 heterocycles. The maximum atomic E-state index is 12.8. The number of nitrogens with one attached hydrogen (secondary N) is 1. The lowest BCUT2D eigenvalue weighted by Gasteiger charge is -2.29. The van der Waals surface area contributed by atoms with E-state index in [2.05, 4.69) is 5.32 Å². The van der Waals surface area contributed by atoms with Gasteiger partial charge < -0.3 is 21.5 Å². The zero-order valence-corrected chi connectivity index (χ0v) is 14.5. The lowest BCUT2D eigenvalue weighted by atomic mass is 9.89. The predicted molar refractivity (Wildman–Crippen MR) is 87.8 cm³/mol. The van der Waals surface area contributed by atoms with Gasteiger partial charge in [0, 0.05) is 13.7 Å². The first-order chi connectivity index (χ1) is 11.0. The number of carbonyl (C=O) groups excluding carboxylic acids is 2. The molecule has 142 valence electrons. The van der Waals surface area contributed by atoms with Crippen molar-refractivity contribution < 1.29 is 27.5 Å². The molecule has 2 unspecified atom stereocenters. The summed E-state index contributed by atoms with van der Waals surface area (Å²) in [6.07, 6.45) is -5.32. The van der Waals surface area contributed by atoms with Crippen LogP contribution >= 0.6 is 12.4 Å². The van der Waals surface area contributed by atoms with Crippen LogP contribution in [0.15, 0.2) is 24.3 Å². The number of primary amides is 1. The van der Waals surface area contributed by atoms with Gasteiger partial charge in [0.05, 0.1) is 18.1 Å². The Labute approximate surface area is 149 Å². The molecule has 0 saturated carbocycles. The fourth-order valence-electron chi connectivity index (χ4n) is 2.08. The molecule has 0 spiro atoms. The van der Waals surface area contributed by atoms with E-state index < -0.39 is 35.2 Å². The van der Waals surface area contributed by atoms with Crippen LogP contribution in [0.5, 0.6) is 0 Å². The number of amides is 2. The van der Waals surface area contributed by atoms with Gasteiger partial charge in [-0.05, 0) is 24.6 Å². The smallest absolute Gasteiger partial charge is 0.380 e. The van der Waals surface area contributed by atoms with Crippen LogP contribution in [0.25, 0.3) is 0 Å². The van der Waals surface area contributed by atoms with Crippen molar-refractivity contribution in [2.45, 2.75) is 31.2 Å². The molecular formula is C15H21ClF3N3O3. The highest BCUT2D eigenvalue weighted by atomic mass is 35.5. The van der Waals surface area contributed by atoms with Crippen LogP contribution in [0.2, 0.25) is 0 Å². The van der Waals surface area contributed by atoms with E-state index in [-0.39, 0.29) is 30.9 Å². The Morgan fingerprint density at radius 2 is 1.84 bits per heavy atom. The van der Waals surface area contributed by atoms with Crippen molar-refractivity contribution >= 4 is 24.2 Å². The minimum absolute atomic E-state index is 0. The quantitative estimate of drug-likeness (QED) is 0.659. The molecule has 10 heteroatoms. The van der Waals surface area contributed by atoms with E-state index in [9.17, 15) is 22.8 Å². The third kappa shape index (κ3) is 5.87. The number of hydrogen-bond acceptors (Lipinski definition) is 4. The van der Waals surface area contributed by atoms with Crippen molar-refractivity contribution in [2.75, 3.05) is 13.7 Å². The SMILES string of the molecule is COC(CN)CC(=O)NC(C)(C(N)=O)c1cccc(C(F)(F)F)c1.Cl. The Hall–Kier alpha value is -1.84. The number of halogens is 4. The van der Waals surface area contributed by atoms with Crippen LogP contribution in [0.4, 0.5) is 13.2 Å². The lowest BCUT2D eigenvalue weighted by Crippen LogP contribution is -2.53. The molecule has 0 aliphatic rings. The molecule has 0 bridgehead atoms. The van der Waals surface area contributed by atoms with E-state index in [1.807, 2.05) is 0 Å². The van der Waals surface area contributed by atoms with Crippen molar-refractivity contribution in [1.29, 1.82) is 0 Å². The number of benzene rings is 1. The fourth-order valence-corrected chi connectivity index (χ4v) is 2.08. The lowest BCUT2D eigenvalue weighted by molar-refractivity contribution is -0.138. The minimum atomic E-state index is -4.58.